The quantitative estimate of drug-likeness (QED) is 0.840. The molecule has 0 spiro atoms. The summed E-state index contributed by atoms with van der Waals surface area (Å²) in [4.78, 5) is 4.30. The van der Waals surface area contributed by atoms with E-state index in [0.717, 1.165) is 18.0 Å². The van der Waals surface area contributed by atoms with Gasteiger partial charge in [0.25, 0.3) is 0 Å². The van der Waals surface area contributed by atoms with E-state index in [1.807, 2.05) is 29.8 Å². The van der Waals surface area contributed by atoms with Gasteiger partial charge < -0.3 is 11.1 Å². The Morgan fingerprint density at radius 3 is 2.78 bits per heavy atom. The number of benzene rings is 1. The first-order valence-corrected chi connectivity index (χ1v) is 7.08. The Labute approximate surface area is 112 Å². The molecule has 1 aromatic heterocycles. The van der Waals surface area contributed by atoms with Crippen LogP contribution in [-0.2, 0) is 0 Å². The largest absolute Gasteiger partial charge is 0.324 e. The zero-order chi connectivity index (χ0) is 12.8. The van der Waals surface area contributed by atoms with Gasteiger partial charge in [-0.1, -0.05) is 30.3 Å². The first-order chi connectivity index (χ1) is 8.77. The van der Waals surface area contributed by atoms with E-state index in [0.29, 0.717) is 6.04 Å². The van der Waals surface area contributed by atoms with Crippen molar-refractivity contribution in [1.29, 1.82) is 0 Å². The zero-order valence-electron chi connectivity index (χ0n) is 10.5. The van der Waals surface area contributed by atoms with E-state index in [4.69, 9.17) is 5.73 Å². The number of rotatable bonds is 6. The molecule has 3 nitrogen and oxygen atoms in total. The van der Waals surface area contributed by atoms with Crippen LogP contribution < -0.4 is 11.1 Å². The van der Waals surface area contributed by atoms with Crippen molar-refractivity contribution in [2.75, 3.05) is 6.54 Å². The van der Waals surface area contributed by atoms with E-state index in [1.165, 1.54) is 5.56 Å². The van der Waals surface area contributed by atoms with Gasteiger partial charge in [-0.05, 0) is 25.5 Å². The molecule has 0 aliphatic rings. The van der Waals surface area contributed by atoms with Crippen LogP contribution >= 0.6 is 11.3 Å². The molecule has 0 saturated heterocycles. The van der Waals surface area contributed by atoms with Crippen LogP contribution in [0.15, 0.2) is 41.9 Å². The summed E-state index contributed by atoms with van der Waals surface area (Å²) < 4.78 is 0. The van der Waals surface area contributed by atoms with Crippen molar-refractivity contribution in [3.05, 3.63) is 52.5 Å². The fraction of sp³-hybridized carbons (Fsp3) is 0.357. The van der Waals surface area contributed by atoms with Gasteiger partial charge in [0, 0.05) is 17.6 Å². The van der Waals surface area contributed by atoms with E-state index in [1.54, 1.807) is 11.3 Å². The Kier molecular flexibility index (Phi) is 4.87. The fourth-order valence-electron chi connectivity index (χ4n) is 1.86. The van der Waals surface area contributed by atoms with E-state index >= 15 is 0 Å². The van der Waals surface area contributed by atoms with Crippen LogP contribution in [0.1, 0.15) is 36.0 Å². The first kappa shape index (κ1) is 13.2. The van der Waals surface area contributed by atoms with Crippen LogP contribution in [0, 0.1) is 0 Å². The molecule has 2 unspecified atom stereocenters. The van der Waals surface area contributed by atoms with Crippen molar-refractivity contribution in [2.24, 2.45) is 5.73 Å². The third-order valence-electron chi connectivity index (χ3n) is 2.96. The number of hydrogen-bond acceptors (Lipinski definition) is 4. The Morgan fingerprint density at radius 1 is 1.33 bits per heavy atom. The molecule has 2 aromatic rings. The lowest BCUT2D eigenvalue weighted by molar-refractivity contribution is 0.522. The van der Waals surface area contributed by atoms with E-state index in [9.17, 15) is 0 Å². The van der Waals surface area contributed by atoms with E-state index in [-0.39, 0.29) is 6.04 Å². The zero-order valence-corrected chi connectivity index (χ0v) is 11.4. The molecular formula is C14H19N3S. The molecule has 2 atom stereocenters. The van der Waals surface area contributed by atoms with Gasteiger partial charge >= 0.3 is 0 Å². The molecule has 96 valence electrons. The molecular weight excluding hydrogens is 242 g/mol. The van der Waals surface area contributed by atoms with Gasteiger partial charge in [-0.2, -0.15) is 0 Å². The molecule has 0 bridgehead atoms. The second-order valence-electron chi connectivity index (χ2n) is 4.35. The average molecular weight is 261 g/mol. The third-order valence-corrected chi connectivity index (χ3v) is 3.91. The van der Waals surface area contributed by atoms with Crippen molar-refractivity contribution >= 4 is 11.3 Å². The van der Waals surface area contributed by atoms with Crippen molar-refractivity contribution in [1.82, 2.24) is 10.3 Å². The summed E-state index contributed by atoms with van der Waals surface area (Å²) in [5.41, 5.74) is 7.34. The van der Waals surface area contributed by atoms with Crippen molar-refractivity contribution in [3.63, 3.8) is 0 Å². The molecule has 4 heteroatoms. The average Bonchev–Trinajstić information content (AvgIpc) is 2.93. The van der Waals surface area contributed by atoms with E-state index in [2.05, 4.69) is 29.4 Å². The summed E-state index contributed by atoms with van der Waals surface area (Å²) in [6.45, 7) is 3.03. The monoisotopic (exact) mass is 261 g/mol. The molecule has 3 N–H and O–H groups in total. The fourth-order valence-corrected chi connectivity index (χ4v) is 2.53. The Bertz CT molecular complexity index is 441. The lowest BCUT2D eigenvalue weighted by Crippen LogP contribution is -2.23. The second kappa shape index (κ2) is 6.64. The number of nitrogens with zero attached hydrogens (tertiary/aromatic N) is 1. The maximum Gasteiger partial charge on any atom is 0.109 e. The van der Waals surface area contributed by atoms with E-state index < -0.39 is 0 Å². The number of thiazole rings is 1. The lowest BCUT2D eigenvalue weighted by Gasteiger charge is -2.15. The molecule has 0 fully saturated rings. The summed E-state index contributed by atoms with van der Waals surface area (Å²) in [5, 5.41) is 6.58. The number of aromatic nitrogens is 1. The molecule has 1 heterocycles. The van der Waals surface area contributed by atoms with Crippen molar-refractivity contribution in [3.8, 4) is 0 Å². The third kappa shape index (κ3) is 3.63. The summed E-state index contributed by atoms with van der Waals surface area (Å²) in [6, 6.07) is 10.6. The minimum atomic E-state index is 0.0993. The van der Waals surface area contributed by atoms with Gasteiger partial charge in [-0.25, -0.2) is 4.98 Å². The molecule has 0 saturated carbocycles. The first-order valence-electron chi connectivity index (χ1n) is 6.20. The van der Waals surface area contributed by atoms with Gasteiger partial charge in [0.1, 0.15) is 5.01 Å². The topological polar surface area (TPSA) is 50.9 Å². The molecule has 1 aromatic carbocycles. The van der Waals surface area contributed by atoms with Crippen LogP contribution in [0.4, 0.5) is 0 Å². The van der Waals surface area contributed by atoms with Gasteiger partial charge in [0.05, 0.1) is 6.04 Å². The number of nitrogens with one attached hydrogen (secondary N) is 1. The molecule has 2 rings (SSSR count). The van der Waals surface area contributed by atoms with Gasteiger partial charge in [0.2, 0.25) is 0 Å². The lowest BCUT2D eigenvalue weighted by atomic mass is 10.0. The van der Waals surface area contributed by atoms with Gasteiger partial charge in [-0.15, -0.1) is 11.3 Å². The van der Waals surface area contributed by atoms with Gasteiger partial charge in [0.15, 0.2) is 0 Å². The molecule has 0 aliphatic carbocycles. The van der Waals surface area contributed by atoms with Crippen LogP contribution in [0.2, 0.25) is 0 Å². The number of nitrogens with two attached hydrogens (primary N) is 1. The molecule has 0 aliphatic heterocycles. The molecule has 0 amide bonds. The van der Waals surface area contributed by atoms with Crippen molar-refractivity contribution in [2.45, 2.75) is 25.4 Å². The smallest absolute Gasteiger partial charge is 0.109 e. The summed E-state index contributed by atoms with van der Waals surface area (Å²) in [6.07, 6.45) is 2.77. The minimum Gasteiger partial charge on any atom is -0.324 e. The number of hydrogen-bond donors (Lipinski definition) is 2. The van der Waals surface area contributed by atoms with Crippen LogP contribution in [-0.4, -0.2) is 11.5 Å². The highest BCUT2D eigenvalue weighted by Gasteiger charge is 2.09. The standard InChI is InChI=1S/C14H19N3S/c1-11(14-17-9-10-18-14)16-8-7-13(15)12-5-3-2-4-6-12/h2-6,9-11,13,16H,7-8,15H2,1H3. The predicted molar refractivity (Wildman–Crippen MR) is 76.5 cm³/mol. The molecule has 0 radical (unpaired) electrons. The maximum atomic E-state index is 6.15. The summed E-state index contributed by atoms with van der Waals surface area (Å²) in [5.74, 6) is 0. The molecule has 18 heavy (non-hydrogen) atoms. The Hall–Kier alpha value is -1.23. The highest BCUT2D eigenvalue weighted by molar-refractivity contribution is 7.09. The Balaban J connectivity index is 1.76. The van der Waals surface area contributed by atoms with Crippen LogP contribution in [0.3, 0.4) is 0 Å². The van der Waals surface area contributed by atoms with Crippen molar-refractivity contribution < 1.29 is 0 Å². The van der Waals surface area contributed by atoms with Gasteiger partial charge in [-0.3, -0.25) is 0 Å². The highest BCUT2D eigenvalue weighted by Crippen LogP contribution is 2.16. The summed E-state index contributed by atoms with van der Waals surface area (Å²) >= 11 is 1.68. The second-order valence-corrected chi connectivity index (χ2v) is 5.28. The Morgan fingerprint density at radius 2 is 2.11 bits per heavy atom. The normalized spacial score (nSPS) is 14.3. The SMILES string of the molecule is CC(NCCC(N)c1ccccc1)c1nccs1. The maximum absolute atomic E-state index is 6.15. The predicted octanol–water partition coefficient (Wildman–Crippen LogP) is 2.88. The summed E-state index contributed by atoms with van der Waals surface area (Å²) in [7, 11) is 0. The van der Waals surface area contributed by atoms with Crippen LogP contribution in [0.25, 0.3) is 0 Å². The highest BCUT2D eigenvalue weighted by atomic mass is 32.1. The minimum absolute atomic E-state index is 0.0993. The van der Waals surface area contributed by atoms with Crippen LogP contribution in [0.5, 0.6) is 0 Å².